The highest BCUT2D eigenvalue weighted by Crippen LogP contribution is 2.17. The highest BCUT2D eigenvalue weighted by Gasteiger charge is 2.13. The van der Waals surface area contributed by atoms with E-state index in [4.69, 9.17) is 9.47 Å². The van der Waals surface area contributed by atoms with Crippen molar-refractivity contribution < 1.29 is 19.1 Å². The van der Waals surface area contributed by atoms with Crippen molar-refractivity contribution in [2.45, 2.75) is 0 Å². The van der Waals surface area contributed by atoms with Crippen LogP contribution in [0, 0.1) is 0 Å². The highest BCUT2D eigenvalue weighted by atomic mass is 16.5. The number of benzene rings is 2. The van der Waals surface area contributed by atoms with Crippen molar-refractivity contribution in [2.75, 3.05) is 19.8 Å². The lowest BCUT2D eigenvalue weighted by Gasteiger charge is -2.09. The molecule has 0 fully saturated rings. The van der Waals surface area contributed by atoms with E-state index in [1.54, 1.807) is 30.5 Å². The Morgan fingerprint density at radius 3 is 2.65 bits per heavy atom. The molecule has 0 aliphatic rings. The predicted octanol–water partition coefficient (Wildman–Crippen LogP) is 2.59. The van der Waals surface area contributed by atoms with E-state index in [2.05, 4.69) is 10.3 Å². The molecule has 0 bridgehead atoms. The van der Waals surface area contributed by atoms with Gasteiger partial charge in [0.05, 0.1) is 17.6 Å². The van der Waals surface area contributed by atoms with Crippen molar-refractivity contribution in [1.29, 1.82) is 0 Å². The van der Waals surface area contributed by atoms with Crippen LogP contribution in [-0.4, -0.2) is 36.6 Å². The predicted molar refractivity (Wildman–Crippen MR) is 97.0 cm³/mol. The molecule has 0 radical (unpaired) electrons. The number of nitrogens with one attached hydrogen (secondary N) is 1. The second kappa shape index (κ2) is 8.62. The Morgan fingerprint density at radius 2 is 1.81 bits per heavy atom. The van der Waals surface area contributed by atoms with Gasteiger partial charge in [0.25, 0.3) is 5.91 Å². The first kappa shape index (κ1) is 17.4. The lowest BCUT2D eigenvalue weighted by Crippen LogP contribution is -2.32. The van der Waals surface area contributed by atoms with E-state index in [1.807, 2.05) is 36.4 Å². The van der Waals surface area contributed by atoms with Gasteiger partial charge in [0.2, 0.25) is 0 Å². The van der Waals surface area contributed by atoms with Crippen LogP contribution in [0.15, 0.2) is 66.9 Å². The Kier molecular flexibility index (Phi) is 5.77. The van der Waals surface area contributed by atoms with E-state index in [1.165, 1.54) is 0 Å². The second-order valence-electron chi connectivity index (χ2n) is 5.46. The summed E-state index contributed by atoms with van der Waals surface area (Å²) in [4.78, 5) is 28.2. The van der Waals surface area contributed by atoms with Gasteiger partial charge in [0.1, 0.15) is 12.4 Å². The van der Waals surface area contributed by atoms with Gasteiger partial charge < -0.3 is 14.8 Å². The van der Waals surface area contributed by atoms with Crippen molar-refractivity contribution in [3.63, 3.8) is 0 Å². The SMILES string of the molecule is O=C(COC(=O)c1cccc2ncccc12)NCCOc1ccccc1. The van der Waals surface area contributed by atoms with Gasteiger partial charge in [-0.3, -0.25) is 9.78 Å². The zero-order valence-electron chi connectivity index (χ0n) is 14.1. The Hall–Kier alpha value is -3.41. The molecule has 0 unspecified atom stereocenters. The lowest BCUT2D eigenvalue weighted by molar-refractivity contribution is -0.124. The molecular formula is C20H18N2O4. The first-order valence-corrected chi connectivity index (χ1v) is 8.19. The third kappa shape index (κ3) is 4.57. The highest BCUT2D eigenvalue weighted by molar-refractivity contribution is 6.03. The van der Waals surface area contributed by atoms with Crippen LogP contribution in [0.5, 0.6) is 5.75 Å². The van der Waals surface area contributed by atoms with Gasteiger partial charge in [-0.05, 0) is 30.3 Å². The van der Waals surface area contributed by atoms with E-state index < -0.39 is 5.97 Å². The molecule has 0 saturated carbocycles. The zero-order chi connectivity index (χ0) is 18.2. The fourth-order valence-corrected chi connectivity index (χ4v) is 2.42. The smallest absolute Gasteiger partial charge is 0.339 e. The minimum Gasteiger partial charge on any atom is -0.492 e. The molecule has 1 aromatic heterocycles. The molecule has 3 rings (SSSR count). The van der Waals surface area contributed by atoms with Gasteiger partial charge in [-0.15, -0.1) is 0 Å². The molecule has 0 spiro atoms. The number of aromatic nitrogens is 1. The summed E-state index contributed by atoms with van der Waals surface area (Å²) in [6.07, 6.45) is 1.66. The van der Waals surface area contributed by atoms with Crippen LogP contribution in [0.25, 0.3) is 10.9 Å². The minimum atomic E-state index is -0.556. The second-order valence-corrected chi connectivity index (χ2v) is 5.46. The maximum Gasteiger partial charge on any atom is 0.339 e. The summed E-state index contributed by atoms with van der Waals surface area (Å²) in [5.41, 5.74) is 1.08. The van der Waals surface area contributed by atoms with Crippen LogP contribution in [0.3, 0.4) is 0 Å². The molecule has 26 heavy (non-hydrogen) atoms. The lowest BCUT2D eigenvalue weighted by atomic mass is 10.1. The molecule has 132 valence electrons. The van der Waals surface area contributed by atoms with Gasteiger partial charge in [-0.1, -0.05) is 30.3 Å². The summed E-state index contributed by atoms with van der Waals surface area (Å²) < 4.78 is 10.6. The molecule has 6 heteroatoms. The molecule has 1 heterocycles. The van der Waals surface area contributed by atoms with Crippen LogP contribution in [0.2, 0.25) is 0 Å². The fraction of sp³-hybridized carbons (Fsp3) is 0.150. The summed E-state index contributed by atoms with van der Waals surface area (Å²) in [6.45, 7) is 0.309. The number of fused-ring (bicyclic) bond motifs is 1. The third-order valence-corrected chi connectivity index (χ3v) is 3.64. The molecular weight excluding hydrogens is 332 g/mol. The molecule has 0 aliphatic heterocycles. The van der Waals surface area contributed by atoms with Crippen LogP contribution in [0.4, 0.5) is 0 Å². The summed E-state index contributed by atoms with van der Waals surface area (Å²) in [7, 11) is 0. The molecule has 6 nitrogen and oxygen atoms in total. The zero-order valence-corrected chi connectivity index (χ0v) is 14.1. The molecule has 0 saturated heterocycles. The van der Waals surface area contributed by atoms with Crippen molar-refractivity contribution in [1.82, 2.24) is 10.3 Å². The van der Waals surface area contributed by atoms with Gasteiger partial charge in [0.15, 0.2) is 6.61 Å². The number of para-hydroxylation sites is 1. The maximum absolute atomic E-state index is 12.2. The molecule has 1 N–H and O–H groups in total. The van der Waals surface area contributed by atoms with Gasteiger partial charge in [0, 0.05) is 11.6 Å². The number of nitrogens with zero attached hydrogens (tertiary/aromatic N) is 1. The van der Waals surface area contributed by atoms with Crippen LogP contribution >= 0.6 is 0 Å². The molecule has 0 aliphatic carbocycles. The van der Waals surface area contributed by atoms with Crippen LogP contribution < -0.4 is 10.1 Å². The number of rotatable bonds is 7. The summed E-state index contributed by atoms with van der Waals surface area (Å²) in [6, 6.07) is 18.0. The largest absolute Gasteiger partial charge is 0.492 e. The number of pyridine rings is 1. The number of esters is 1. The Balaban J connectivity index is 1.44. The molecule has 0 atom stereocenters. The van der Waals surface area contributed by atoms with Gasteiger partial charge in [-0.2, -0.15) is 0 Å². The number of amides is 1. The number of hydrogen-bond acceptors (Lipinski definition) is 5. The first-order chi connectivity index (χ1) is 12.7. The fourth-order valence-electron chi connectivity index (χ4n) is 2.42. The minimum absolute atomic E-state index is 0.323. The Bertz CT molecular complexity index is 891. The van der Waals surface area contributed by atoms with Crippen molar-refractivity contribution >= 4 is 22.8 Å². The maximum atomic E-state index is 12.2. The summed E-state index contributed by atoms with van der Waals surface area (Å²) >= 11 is 0. The first-order valence-electron chi connectivity index (χ1n) is 8.19. The Morgan fingerprint density at radius 1 is 0.962 bits per heavy atom. The van der Waals surface area contributed by atoms with Crippen LogP contribution in [0.1, 0.15) is 10.4 Å². The van der Waals surface area contributed by atoms with Crippen molar-refractivity contribution in [2.24, 2.45) is 0 Å². The summed E-state index contributed by atoms with van der Waals surface area (Å²) in [5.74, 6) is -0.203. The molecule has 2 aromatic carbocycles. The average Bonchev–Trinajstić information content (AvgIpc) is 2.70. The van der Waals surface area contributed by atoms with Crippen molar-refractivity contribution in [3.8, 4) is 5.75 Å². The van der Waals surface area contributed by atoms with Gasteiger partial charge >= 0.3 is 5.97 Å². The number of carbonyl (C=O) groups excluding carboxylic acids is 2. The molecule has 3 aromatic rings. The Labute approximate surface area is 150 Å². The van der Waals surface area contributed by atoms with E-state index >= 15 is 0 Å². The normalized spacial score (nSPS) is 10.3. The standard InChI is InChI=1S/C20H18N2O4/c23-19(22-12-13-25-15-6-2-1-3-7-15)14-26-20(24)17-8-4-10-18-16(17)9-5-11-21-18/h1-11H,12-14H2,(H,22,23). The average molecular weight is 350 g/mol. The number of carbonyl (C=O) groups is 2. The monoisotopic (exact) mass is 350 g/mol. The third-order valence-electron chi connectivity index (χ3n) is 3.64. The molecule has 1 amide bonds. The topological polar surface area (TPSA) is 77.5 Å². The van der Waals surface area contributed by atoms with E-state index in [9.17, 15) is 9.59 Å². The van der Waals surface area contributed by atoms with Crippen LogP contribution in [-0.2, 0) is 9.53 Å². The van der Waals surface area contributed by atoms with Crippen molar-refractivity contribution in [3.05, 3.63) is 72.4 Å². The van der Waals surface area contributed by atoms with Gasteiger partial charge in [-0.25, -0.2) is 4.79 Å². The van der Waals surface area contributed by atoms with E-state index in [0.29, 0.717) is 29.6 Å². The van der Waals surface area contributed by atoms with E-state index in [-0.39, 0.29) is 12.5 Å². The quantitative estimate of drug-likeness (QED) is 0.523. The summed E-state index contributed by atoms with van der Waals surface area (Å²) in [5, 5.41) is 3.33. The number of ether oxygens (including phenoxy) is 2. The van der Waals surface area contributed by atoms with E-state index in [0.717, 1.165) is 5.75 Å². The number of hydrogen-bond donors (Lipinski definition) is 1.